The molecule has 166 valence electrons. The maximum Gasteiger partial charge on any atom is 0.282 e. The van der Waals surface area contributed by atoms with E-state index in [1.807, 2.05) is 0 Å². The van der Waals surface area contributed by atoms with Gasteiger partial charge in [-0.3, -0.25) is 19.7 Å². The minimum absolute atomic E-state index is 0.0289. The van der Waals surface area contributed by atoms with Crippen molar-refractivity contribution in [3.05, 3.63) is 94.2 Å². The fourth-order valence-electron chi connectivity index (χ4n) is 3.51. The number of carbonyl (C=O) groups is 2. The number of benzene rings is 3. The lowest BCUT2D eigenvalue weighted by Crippen LogP contribution is -2.32. The van der Waals surface area contributed by atoms with Gasteiger partial charge in [0.05, 0.1) is 36.1 Å². The highest BCUT2D eigenvalue weighted by Crippen LogP contribution is 2.37. The van der Waals surface area contributed by atoms with Crippen molar-refractivity contribution in [2.45, 2.75) is 0 Å². The summed E-state index contributed by atoms with van der Waals surface area (Å²) in [5, 5.41) is 14.1. The van der Waals surface area contributed by atoms with Gasteiger partial charge in [-0.15, -0.1) is 0 Å². The van der Waals surface area contributed by atoms with E-state index in [0.29, 0.717) is 28.4 Å². The Labute approximate surface area is 189 Å². The lowest BCUT2D eigenvalue weighted by molar-refractivity contribution is -0.384. The molecule has 0 unspecified atom stereocenters. The monoisotopic (exact) mass is 445 g/mol. The molecule has 3 aromatic carbocycles. The van der Waals surface area contributed by atoms with Crippen LogP contribution in [0, 0.1) is 10.1 Å². The third-order valence-corrected chi connectivity index (χ3v) is 5.13. The maximum atomic E-state index is 13.4. The van der Waals surface area contributed by atoms with Crippen molar-refractivity contribution in [1.82, 2.24) is 0 Å². The fourth-order valence-corrected chi connectivity index (χ4v) is 3.51. The van der Waals surface area contributed by atoms with Gasteiger partial charge in [-0.1, -0.05) is 18.2 Å². The summed E-state index contributed by atoms with van der Waals surface area (Å²) in [7, 11) is 3.00. The number of nitrogens with one attached hydrogen (secondary N) is 1. The number of methoxy groups -OCH3 is 2. The Bertz CT molecular complexity index is 1270. The normalized spacial score (nSPS) is 13.3. The zero-order chi connectivity index (χ0) is 23.5. The van der Waals surface area contributed by atoms with E-state index in [4.69, 9.17) is 9.47 Å². The van der Waals surface area contributed by atoms with Crippen LogP contribution >= 0.6 is 0 Å². The van der Waals surface area contributed by atoms with E-state index in [9.17, 15) is 19.7 Å². The maximum absolute atomic E-state index is 13.4. The SMILES string of the molecule is COc1ccc(NC2=C(c3ccc([N+](=O)[O-])cc3)C(=O)N(c3ccccc3)C2=O)c(OC)c1. The first-order valence-electron chi connectivity index (χ1n) is 9.86. The first kappa shape index (κ1) is 21.6. The Morgan fingerprint density at radius 1 is 0.879 bits per heavy atom. The minimum Gasteiger partial charge on any atom is -0.497 e. The standard InChI is InChI=1S/C24H19N3O6/c1-32-18-12-13-19(20(14-18)33-2)25-22-21(15-8-10-17(11-9-15)27(30)31)23(28)26(24(22)29)16-6-4-3-5-7-16/h3-14,25H,1-2H3. The summed E-state index contributed by atoms with van der Waals surface area (Å²) < 4.78 is 10.6. The molecule has 0 saturated heterocycles. The molecule has 0 radical (unpaired) electrons. The smallest absolute Gasteiger partial charge is 0.282 e. The molecular weight excluding hydrogens is 426 g/mol. The molecule has 0 bridgehead atoms. The zero-order valence-corrected chi connectivity index (χ0v) is 17.8. The quantitative estimate of drug-likeness (QED) is 0.332. The van der Waals surface area contributed by atoms with Gasteiger partial charge in [0.2, 0.25) is 0 Å². The predicted octanol–water partition coefficient (Wildman–Crippen LogP) is 4.01. The molecule has 1 aliphatic heterocycles. The van der Waals surface area contributed by atoms with Crippen LogP contribution in [-0.2, 0) is 9.59 Å². The molecular formula is C24H19N3O6. The van der Waals surface area contributed by atoms with Gasteiger partial charge in [-0.05, 0) is 42.0 Å². The average Bonchev–Trinajstić information content (AvgIpc) is 3.08. The van der Waals surface area contributed by atoms with Gasteiger partial charge >= 0.3 is 0 Å². The van der Waals surface area contributed by atoms with Crippen molar-refractivity contribution in [1.29, 1.82) is 0 Å². The number of para-hydroxylation sites is 1. The van der Waals surface area contributed by atoms with Crippen LogP contribution in [0.25, 0.3) is 5.57 Å². The van der Waals surface area contributed by atoms with Gasteiger partial charge < -0.3 is 14.8 Å². The molecule has 0 spiro atoms. The van der Waals surface area contributed by atoms with Crippen molar-refractivity contribution < 1.29 is 24.0 Å². The molecule has 9 nitrogen and oxygen atoms in total. The number of nitro groups is 1. The highest BCUT2D eigenvalue weighted by molar-refractivity contribution is 6.46. The summed E-state index contributed by atoms with van der Waals surface area (Å²) in [6, 6.07) is 19.0. The molecule has 0 aliphatic carbocycles. The van der Waals surface area contributed by atoms with Gasteiger partial charge in [-0.25, -0.2) is 4.90 Å². The molecule has 0 atom stereocenters. The van der Waals surface area contributed by atoms with E-state index >= 15 is 0 Å². The number of nitrogens with zero attached hydrogens (tertiary/aromatic N) is 2. The van der Waals surface area contributed by atoms with Crippen molar-refractivity contribution >= 4 is 34.4 Å². The minimum atomic E-state index is -0.558. The van der Waals surface area contributed by atoms with Crippen LogP contribution in [0.15, 0.2) is 78.5 Å². The van der Waals surface area contributed by atoms with Gasteiger partial charge in [-0.2, -0.15) is 0 Å². The van der Waals surface area contributed by atoms with Crippen LogP contribution in [0.1, 0.15) is 5.56 Å². The number of hydrogen-bond acceptors (Lipinski definition) is 7. The van der Waals surface area contributed by atoms with Gasteiger partial charge in [0.15, 0.2) is 0 Å². The van der Waals surface area contributed by atoms with Crippen LogP contribution in [0.4, 0.5) is 17.1 Å². The highest BCUT2D eigenvalue weighted by atomic mass is 16.6. The molecule has 1 aliphatic rings. The van der Waals surface area contributed by atoms with Crippen LogP contribution < -0.4 is 19.7 Å². The molecule has 3 aromatic rings. The molecule has 33 heavy (non-hydrogen) atoms. The zero-order valence-electron chi connectivity index (χ0n) is 17.8. The second-order valence-electron chi connectivity index (χ2n) is 7.03. The Hall–Kier alpha value is -4.66. The molecule has 1 N–H and O–H groups in total. The molecule has 0 fully saturated rings. The number of anilines is 2. The number of amides is 2. The lowest BCUT2D eigenvalue weighted by atomic mass is 10.0. The number of nitro benzene ring substituents is 1. The van der Waals surface area contributed by atoms with E-state index in [2.05, 4.69) is 5.32 Å². The van der Waals surface area contributed by atoms with Crippen molar-refractivity contribution in [2.24, 2.45) is 0 Å². The van der Waals surface area contributed by atoms with E-state index in [1.165, 1.54) is 38.5 Å². The van der Waals surface area contributed by atoms with Crippen LogP contribution in [0.2, 0.25) is 0 Å². The fraction of sp³-hybridized carbons (Fsp3) is 0.0833. The summed E-state index contributed by atoms with van der Waals surface area (Å²) in [6.07, 6.45) is 0. The Morgan fingerprint density at radius 2 is 1.58 bits per heavy atom. The topological polar surface area (TPSA) is 111 Å². The third-order valence-electron chi connectivity index (χ3n) is 5.13. The van der Waals surface area contributed by atoms with Gasteiger partial charge in [0, 0.05) is 18.2 Å². The molecule has 4 rings (SSSR count). The number of carbonyl (C=O) groups excluding carboxylic acids is 2. The number of imide groups is 1. The van der Waals surface area contributed by atoms with E-state index in [0.717, 1.165) is 4.90 Å². The number of rotatable bonds is 7. The number of ether oxygens (including phenoxy) is 2. The number of hydrogen-bond donors (Lipinski definition) is 1. The van der Waals surface area contributed by atoms with Gasteiger partial charge in [0.1, 0.15) is 17.2 Å². The Balaban J connectivity index is 1.83. The summed E-state index contributed by atoms with van der Waals surface area (Å²) in [5.74, 6) is -0.141. The lowest BCUT2D eigenvalue weighted by Gasteiger charge is -2.16. The van der Waals surface area contributed by atoms with Gasteiger partial charge in [0.25, 0.3) is 17.5 Å². The van der Waals surface area contributed by atoms with Crippen molar-refractivity contribution in [3.63, 3.8) is 0 Å². The Morgan fingerprint density at radius 3 is 2.18 bits per heavy atom. The summed E-state index contributed by atoms with van der Waals surface area (Å²) in [6.45, 7) is 0. The molecule has 2 amide bonds. The first-order valence-corrected chi connectivity index (χ1v) is 9.86. The van der Waals surface area contributed by atoms with Crippen LogP contribution in [0.3, 0.4) is 0 Å². The second kappa shape index (κ2) is 8.83. The molecule has 0 saturated carbocycles. The largest absolute Gasteiger partial charge is 0.497 e. The van der Waals surface area contributed by atoms with Crippen LogP contribution in [-0.4, -0.2) is 31.0 Å². The van der Waals surface area contributed by atoms with E-state index < -0.39 is 16.7 Å². The highest BCUT2D eigenvalue weighted by Gasteiger charge is 2.40. The van der Waals surface area contributed by atoms with Crippen molar-refractivity contribution in [2.75, 3.05) is 24.4 Å². The Kier molecular flexibility index (Phi) is 5.77. The third kappa shape index (κ3) is 3.99. The predicted molar refractivity (Wildman–Crippen MR) is 122 cm³/mol. The second-order valence-corrected chi connectivity index (χ2v) is 7.03. The summed E-state index contributed by atoms with van der Waals surface area (Å²) in [5.41, 5.74) is 1.22. The average molecular weight is 445 g/mol. The van der Waals surface area contributed by atoms with Crippen molar-refractivity contribution in [3.8, 4) is 11.5 Å². The first-order chi connectivity index (χ1) is 15.9. The van der Waals surface area contributed by atoms with Crippen LogP contribution in [0.5, 0.6) is 11.5 Å². The summed E-state index contributed by atoms with van der Waals surface area (Å²) in [4.78, 5) is 38.4. The summed E-state index contributed by atoms with van der Waals surface area (Å²) >= 11 is 0. The molecule has 0 aromatic heterocycles. The number of non-ortho nitro benzene ring substituents is 1. The molecule has 9 heteroatoms. The van der Waals surface area contributed by atoms with E-state index in [-0.39, 0.29) is 17.0 Å². The molecule has 1 heterocycles. The van der Waals surface area contributed by atoms with E-state index in [1.54, 1.807) is 48.5 Å².